The minimum Gasteiger partial charge on any atom is -0.371 e. The molecule has 2 aromatic heterocycles. The van der Waals surface area contributed by atoms with Gasteiger partial charge >= 0.3 is 0 Å². The lowest BCUT2D eigenvalue weighted by Crippen LogP contribution is -2.40. The SMILES string of the molecule is CC(=O)N(C)CC1CCN(c2cc(Cl)cc3[nH]ncc23)CC1.CC(=O)NCC1CCCN(c2cc(Cl)cc3[nH]ncc23)C1. The summed E-state index contributed by atoms with van der Waals surface area (Å²) in [4.78, 5) is 28.9. The molecule has 2 fully saturated rings. The number of hydrogen-bond acceptors (Lipinski definition) is 6. The second-order valence-corrected chi connectivity index (χ2v) is 12.6. The van der Waals surface area contributed by atoms with Gasteiger partial charge in [0.25, 0.3) is 0 Å². The maximum Gasteiger partial charge on any atom is 0.219 e. The highest BCUT2D eigenvalue weighted by Crippen LogP contribution is 2.34. The Morgan fingerprint density at radius 1 is 0.884 bits per heavy atom. The van der Waals surface area contributed by atoms with E-state index < -0.39 is 0 Å². The number of piperidine rings is 2. The summed E-state index contributed by atoms with van der Waals surface area (Å²) in [6, 6.07) is 7.82. The van der Waals surface area contributed by atoms with E-state index in [1.54, 1.807) is 13.8 Å². The Kier molecular flexibility index (Phi) is 9.97. The van der Waals surface area contributed by atoms with E-state index in [2.05, 4.69) is 35.5 Å². The summed E-state index contributed by atoms with van der Waals surface area (Å²) in [5.41, 5.74) is 4.20. The number of aromatic nitrogens is 4. The molecule has 2 aromatic carbocycles. The molecule has 43 heavy (non-hydrogen) atoms. The van der Waals surface area contributed by atoms with Gasteiger partial charge in [0, 0.05) is 92.4 Å². The van der Waals surface area contributed by atoms with Crippen molar-refractivity contribution in [3.8, 4) is 0 Å². The molecule has 2 aliphatic rings. The van der Waals surface area contributed by atoms with E-state index in [1.807, 2.05) is 48.6 Å². The largest absolute Gasteiger partial charge is 0.371 e. The lowest BCUT2D eigenvalue weighted by Gasteiger charge is -2.35. The molecular weight excluding hydrogens is 587 g/mol. The van der Waals surface area contributed by atoms with Crippen LogP contribution in [-0.4, -0.2) is 83.4 Å². The van der Waals surface area contributed by atoms with Gasteiger partial charge in [0.1, 0.15) is 0 Å². The highest BCUT2D eigenvalue weighted by atomic mass is 35.5. The van der Waals surface area contributed by atoms with E-state index in [4.69, 9.17) is 23.2 Å². The summed E-state index contributed by atoms with van der Waals surface area (Å²) in [7, 11) is 1.88. The van der Waals surface area contributed by atoms with E-state index in [9.17, 15) is 9.59 Å². The molecule has 0 bridgehead atoms. The van der Waals surface area contributed by atoms with Crippen molar-refractivity contribution in [3.63, 3.8) is 0 Å². The zero-order valence-corrected chi connectivity index (χ0v) is 26.5. The molecule has 0 saturated carbocycles. The number of anilines is 2. The van der Waals surface area contributed by atoms with Crippen molar-refractivity contribution in [3.05, 3.63) is 46.7 Å². The number of nitrogens with zero attached hydrogens (tertiary/aromatic N) is 5. The Labute approximate surface area is 262 Å². The van der Waals surface area contributed by atoms with E-state index >= 15 is 0 Å². The summed E-state index contributed by atoms with van der Waals surface area (Å²) >= 11 is 12.4. The first-order chi connectivity index (χ1) is 20.7. The van der Waals surface area contributed by atoms with Crippen LogP contribution in [-0.2, 0) is 9.59 Å². The minimum absolute atomic E-state index is 0.0344. The third-order valence-corrected chi connectivity index (χ3v) is 8.96. The lowest BCUT2D eigenvalue weighted by atomic mass is 9.95. The molecule has 0 spiro atoms. The van der Waals surface area contributed by atoms with Gasteiger partial charge in [-0.3, -0.25) is 19.8 Å². The van der Waals surface area contributed by atoms with E-state index in [1.165, 1.54) is 0 Å². The molecule has 2 aliphatic heterocycles. The number of halogens is 2. The summed E-state index contributed by atoms with van der Waals surface area (Å²) < 4.78 is 0. The van der Waals surface area contributed by atoms with E-state index in [0.29, 0.717) is 16.9 Å². The van der Waals surface area contributed by atoms with Crippen molar-refractivity contribution in [2.24, 2.45) is 11.8 Å². The van der Waals surface area contributed by atoms with Gasteiger partial charge in [0.2, 0.25) is 11.8 Å². The number of amides is 2. The van der Waals surface area contributed by atoms with Crippen LogP contribution in [0.1, 0.15) is 39.5 Å². The molecule has 2 amide bonds. The zero-order valence-electron chi connectivity index (χ0n) is 25.0. The molecule has 4 aromatic rings. The van der Waals surface area contributed by atoms with Crippen LogP contribution in [0.15, 0.2) is 36.7 Å². The number of fused-ring (bicyclic) bond motifs is 2. The third kappa shape index (κ3) is 7.72. The molecule has 0 radical (unpaired) electrons. The lowest BCUT2D eigenvalue weighted by molar-refractivity contribution is -0.128. The number of rotatable bonds is 6. The van der Waals surface area contributed by atoms with Crippen LogP contribution in [0.3, 0.4) is 0 Å². The minimum atomic E-state index is 0.0344. The monoisotopic (exact) mass is 626 g/mol. The Balaban J connectivity index is 0.000000171. The van der Waals surface area contributed by atoms with Crippen molar-refractivity contribution in [1.82, 2.24) is 30.6 Å². The predicted molar refractivity (Wildman–Crippen MR) is 174 cm³/mol. The molecule has 3 N–H and O–H groups in total. The van der Waals surface area contributed by atoms with Gasteiger partial charge in [-0.15, -0.1) is 0 Å². The van der Waals surface area contributed by atoms with E-state index in [-0.39, 0.29) is 11.8 Å². The molecule has 4 heterocycles. The fraction of sp³-hybridized carbons (Fsp3) is 0.484. The van der Waals surface area contributed by atoms with Crippen molar-refractivity contribution in [2.75, 3.05) is 56.1 Å². The standard InChI is InChI=1S/C16H21ClN4O.C15H19ClN4O/c1-11(22)20(2)10-12-3-5-21(6-4-12)16-8-13(17)7-15-14(16)9-18-19-15;1-10(21)17-7-11-3-2-4-20(9-11)15-6-12(16)5-14-13(15)8-18-19-14/h7-9,12H,3-6,10H2,1-2H3,(H,18,19);5-6,8,11H,2-4,7,9H2,1H3,(H,17,21)(H,18,19). The summed E-state index contributed by atoms with van der Waals surface area (Å²) in [6.45, 7) is 8.68. The second kappa shape index (κ2) is 13.9. The fourth-order valence-electron chi connectivity index (χ4n) is 6.13. The molecule has 1 unspecified atom stereocenters. The highest BCUT2D eigenvalue weighted by Gasteiger charge is 2.24. The molecule has 0 aliphatic carbocycles. The van der Waals surface area contributed by atoms with Crippen LogP contribution in [0.25, 0.3) is 21.8 Å². The maximum absolute atomic E-state index is 11.3. The first-order valence-corrected chi connectivity index (χ1v) is 15.6. The molecule has 12 heteroatoms. The van der Waals surface area contributed by atoms with Crippen molar-refractivity contribution >= 4 is 68.2 Å². The topological polar surface area (TPSA) is 113 Å². The van der Waals surface area contributed by atoms with Crippen molar-refractivity contribution < 1.29 is 9.59 Å². The number of hydrogen-bond donors (Lipinski definition) is 3. The average molecular weight is 628 g/mol. The van der Waals surface area contributed by atoms with Gasteiger partial charge in [0.15, 0.2) is 0 Å². The van der Waals surface area contributed by atoms with Crippen LogP contribution >= 0.6 is 23.2 Å². The Morgan fingerprint density at radius 2 is 1.47 bits per heavy atom. The molecular formula is C31H40Cl2N8O2. The van der Waals surface area contributed by atoms with Crippen LogP contribution in [0.2, 0.25) is 10.0 Å². The van der Waals surface area contributed by atoms with Gasteiger partial charge < -0.3 is 20.0 Å². The van der Waals surface area contributed by atoms with Gasteiger partial charge in [-0.1, -0.05) is 23.2 Å². The Bertz CT molecular complexity index is 1560. The van der Waals surface area contributed by atoms with Crippen LogP contribution < -0.4 is 15.1 Å². The van der Waals surface area contributed by atoms with Crippen LogP contribution in [0.5, 0.6) is 0 Å². The highest BCUT2D eigenvalue weighted by molar-refractivity contribution is 6.32. The first kappa shape index (κ1) is 30.9. The van der Waals surface area contributed by atoms with Crippen LogP contribution in [0.4, 0.5) is 11.4 Å². The Morgan fingerprint density at radius 3 is 2.02 bits per heavy atom. The summed E-state index contributed by atoms with van der Waals surface area (Å²) in [5.74, 6) is 1.22. The van der Waals surface area contributed by atoms with Gasteiger partial charge in [-0.05, 0) is 61.8 Å². The quantitative estimate of drug-likeness (QED) is 0.261. The Hall–Kier alpha value is -3.50. The number of H-pyrrole nitrogens is 2. The van der Waals surface area contributed by atoms with E-state index in [0.717, 1.165) is 103 Å². The molecule has 2 saturated heterocycles. The number of nitrogens with one attached hydrogen (secondary N) is 3. The van der Waals surface area contributed by atoms with Crippen molar-refractivity contribution in [1.29, 1.82) is 0 Å². The van der Waals surface area contributed by atoms with Gasteiger partial charge in [-0.25, -0.2) is 0 Å². The summed E-state index contributed by atoms with van der Waals surface area (Å²) in [5, 5.41) is 20.8. The maximum atomic E-state index is 11.3. The predicted octanol–water partition coefficient (Wildman–Crippen LogP) is 5.48. The van der Waals surface area contributed by atoms with Crippen LogP contribution in [0, 0.1) is 11.8 Å². The second-order valence-electron chi connectivity index (χ2n) is 11.7. The average Bonchev–Trinajstić information content (AvgIpc) is 3.66. The third-order valence-electron chi connectivity index (χ3n) is 8.53. The number of benzene rings is 2. The smallest absolute Gasteiger partial charge is 0.219 e. The summed E-state index contributed by atoms with van der Waals surface area (Å²) in [6.07, 6.45) is 8.14. The zero-order chi connectivity index (χ0) is 30.5. The molecule has 1 atom stereocenters. The van der Waals surface area contributed by atoms with Crippen molar-refractivity contribution in [2.45, 2.75) is 39.5 Å². The number of carbonyl (C=O) groups excluding carboxylic acids is 2. The number of aromatic amines is 2. The molecule has 6 rings (SSSR count). The normalized spacial score (nSPS) is 17.6. The fourth-order valence-corrected chi connectivity index (χ4v) is 6.56. The van der Waals surface area contributed by atoms with Gasteiger partial charge in [0.05, 0.1) is 23.4 Å². The molecule has 230 valence electrons. The first-order valence-electron chi connectivity index (χ1n) is 14.9. The molecule has 10 nitrogen and oxygen atoms in total. The van der Waals surface area contributed by atoms with Gasteiger partial charge in [-0.2, -0.15) is 10.2 Å². The number of carbonyl (C=O) groups is 2.